The molecule has 2 aromatic heterocycles. The summed E-state index contributed by atoms with van der Waals surface area (Å²) in [7, 11) is -3.61. The Morgan fingerprint density at radius 3 is 2.60 bits per heavy atom. The van der Waals surface area contributed by atoms with Crippen molar-refractivity contribution in [2.24, 2.45) is 0 Å². The van der Waals surface area contributed by atoms with Crippen molar-refractivity contribution in [3.05, 3.63) is 40.8 Å². The van der Waals surface area contributed by atoms with Crippen molar-refractivity contribution in [2.75, 3.05) is 0 Å². The van der Waals surface area contributed by atoms with Crippen LogP contribution in [0.1, 0.15) is 19.5 Å². The van der Waals surface area contributed by atoms with Gasteiger partial charge in [0, 0.05) is 12.2 Å². The van der Waals surface area contributed by atoms with Gasteiger partial charge in [0.25, 0.3) is 10.0 Å². The van der Waals surface area contributed by atoms with Crippen molar-refractivity contribution in [3.63, 3.8) is 0 Å². The van der Waals surface area contributed by atoms with E-state index in [1.54, 1.807) is 18.3 Å². The molecule has 2 aromatic rings. The fourth-order valence-corrected chi connectivity index (χ4v) is 4.70. The predicted octanol–water partition coefficient (Wildman–Crippen LogP) is 2.79. The van der Waals surface area contributed by atoms with Crippen molar-refractivity contribution in [1.82, 2.24) is 14.3 Å². The molecule has 0 N–H and O–H groups in total. The van der Waals surface area contributed by atoms with E-state index >= 15 is 0 Å². The van der Waals surface area contributed by atoms with Gasteiger partial charge in [-0.2, -0.15) is 4.31 Å². The van der Waals surface area contributed by atoms with E-state index in [0.29, 0.717) is 5.69 Å². The first-order valence-corrected chi connectivity index (χ1v) is 8.58. The summed E-state index contributed by atoms with van der Waals surface area (Å²) in [5, 5.41) is 0. The second-order valence-electron chi connectivity index (χ2n) is 4.40. The van der Waals surface area contributed by atoms with Crippen molar-refractivity contribution in [2.45, 2.75) is 30.6 Å². The minimum Gasteiger partial charge on any atom is -0.260 e. The molecule has 0 amide bonds. The largest absolute Gasteiger partial charge is 0.260 e. The molecule has 0 radical (unpaired) electrons. The Kier molecular flexibility index (Phi) is 4.74. The molecule has 0 saturated heterocycles. The maximum absolute atomic E-state index is 12.6. The summed E-state index contributed by atoms with van der Waals surface area (Å²) < 4.78 is 26.9. The minimum absolute atomic E-state index is 0.145. The highest BCUT2D eigenvalue weighted by molar-refractivity contribution is 7.91. The molecule has 0 aromatic carbocycles. The molecule has 20 heavy (non-hydrogen) atoms. The molecule has 2 rings (SSSR count). The van der Waals surface area contributed by atoms with Crippen LogP contribution in [0.2, 0.25) is 4.47 Å². The van der Waals surface area contributed by atoms with Gasteiger partial charge in [0.15, 0.2) is 8.68 Å². The molecular formula is C12H14ClN3O2S2. The Morgan fingerprint density at radius 2 is 2.10 bits per heavy atom. The van der Waals surface area contributed by atoms with Gasteiger partial charge in [0.2, 0.25) is 0 Å². The van der Waals surface area contributed by atoms with Crippen LogP contribution >= 0.6 is 22.9 Å². The van der Waals surface area contributed by atoms with Gasteiger partial charge in [-0.25, -0.2) is 13.4 Å². The third kappa shape index (κ3) is 3.35. The van der Waals surface area contributed by atoms with Crippen LogP contribution in [0.15, 0.2) is 34.8 Å². The summed E-state index contributed by atoms with van der Waals surface area (Å²) in [6.07, 6.45) is 2.93. The monoisotopic (exact) mass is 331 g/mol. The van der Waals surface area contributed by atoms with Gasteiger partial charge in [0.1, 0.15) is 0 Å². The van der Waals surface area contributed by atoms with Gasteiger partial charge in [0.05, 0.1) is 18.4 Å². The molecule has 0 fully saturated rings. The number of pyridine rings is 1. The van der Waals surface area contributed by atoms with E-state index in [1.807, 2.05) is 19.9 Å². The van der Waals surface area contributed by atoms with Crippen molar-refractivity contribution in [1.29, 1.82) is 0 Å². The number of nitrogens with zero attached hydrogens (tertiary/aromatic N) is 3. The van der Waals surface area contributed by atoms with Gasteiger partial charge in [-0.15, -0.1) is 0 Å². The van der Waals surface area contributed by atoms with Gasteiger partial charge in [-0.3, -0.25) is 4.98 Å². The highest BCUT2D eigenvalue weighted by Gasteiger charge is 2.29. The lowest BCUT2D eigenvalue weighted by atomic mass is 10.3. The topological polar surface area (TPSA) is 63.2 Å². The standard InChI is InChI=1S/C12H14ClN3O2S2/c1-9(2)16(8-10-5-3-4-6-14-10)20(17,18)11-7-15-12(13)19-11/h3-7,9H,8H2,1-2H3. The molecule has 0 atom stereocenters. The zero-order valence-electron chi connectivity index (χ0n) is 11.0. The summed E-state index contributed by atoms with van der Waals surface area (Å²) in [5.41, 5.74) is 0.695. The van der Waals surface area contributed by atoms with E-state index in [0.717, 1.165) is 11.3 Å². The first-order chi connectivity index (χ1) is 9.41. The van der Waals surface area contributed by atoms with Crippen LogP contribution < -0.4 is 0 Å². The Hall–Kier alpha value is -1.02. The summed E-state index contributed by atoms with van der Waals surface area (Å²) in [6, 6.07) is 5.23. The zero-order valence-corrected chi connectivity index (χ0v) is 13.4. The first-order valence-electron chi connectivity index (χ1n) is 5.94. The van der Waals surface area contributed by atoms with Gasteiger partial charge < -0.3 is 0 Å². The van der Waals surface area contributed by atoms with Crippen LogP contribution in [0.25, 0.3) is 0 Å². The maximum Gasteiger partial charge on any atom is 0.254 e. The molecule has 0 bridgehead atoms. The van der Waals surface area contributed by atoms with Crippen LogP contribution in [0, 0.1) is 0 Å². The Bertz CT molecular complexity index is 671. The molecule has 0 aliphatic rings. The molecule has 0 aliphatic heterocycles. The minimum atomic E-state index is -3.61. The smallest absolute Gasteiger partial charge is 0.254 e. The van der Waals surface area contributed by atoms with Crippen molar-refractivity contribution < 1.29 is 8.42 Å². The zero-order chi connectivity index (χ0) is 14.8. The highest BCUT2D eigenvalue weighted by Crippen LogP contribution is 2.27. The molecule has 0 spiro atoms. The van der Waals surface area contributed by atoms with Gasteiger partial charge in [-0.05, 0) is 26.0 Å². The lowest BCUT2D eigenvalue weighted by molar-refractivity contribution is 0.345. The molecule has 0 unspecified atom stereocenters. The second-order valence-corrected chi connectivity index (χ2v) is 8.13. The van der Waals surface area contributed by atoms with Crippen LogP contribution in [0.4, 0.5) is 0 Å². The van der Waals surface area contributed by atoms with Gasteiger partial charge in [-0.1, -0.05) is 29.0 Å². The van der Waals surface area contributed by atoms with Crippen LogP contribution in [0.3, 0.4) is 0 Å². The van der Waals surface area contributed by atoms with Crippen molar-refractivity contribution >= 4 is 33.0 Å². The SMILES string of the molecule is CC(C)N(Cc1ccccn1)S(=O)(=O)c1cnc(Cl)s1. The van der Waals surface area contributed by atoms with Crippen LogP contribution in [-0.4, -0.2) is 28.7 Å². The normalized spacial score (nSPS) is 12.2. The fraction of sp³-hybridized carbons (Fsp3) is 0.333. The average Bonchev–Trinajstić information content (AvgIpc) is 2.84. The van der Waals surface area contributed by atoms with Crippen LogP contribution in [0.5, 0.6) is 0 Å². The molecule has 5 nitrogen and oxygen atoms in total. The highest BCUT2D eigenvalue weighted by atomic mass is 35.5. The number of hydrogen-bond donors (Lipinski definition) is 0. The number of sulfonamides is 1. The Balaban J connectivity index is 2.33. The lowest BCUT2D eigenvalue weighted by Gasteiger charge is -2.24. The van der Waals surface area contributed by atoms with E-state index in [4.69, 9.17) is 11.6 Å². The summed E-state index contributed by atoms with van der Waals surface area (Å²) in [6.45, 7) is 3.86. The molecule has 8 heteroatoms. The summed E-state index contributed by atoms with van der Waals surface area (Å²) in [5.74, 6) is 0. The number of hydrogen-bond acceptors (Lipinski definition) is 5. The van der Waals surface area contributed by atoms with Crippen LogP contribution in [-0.2, 0) is 16.6 Å². The van der Waals surface area contributed by atoms with Gasteiger partial charge >= 0.3 is 0 Å². The number of rotatable bonds is 5. The number of halogens is 1. The van der Waals surface area contributed by atoms with E-state index in [2.05, 4.69) is 9.97 Å². The number of thiazole rings is 1. The summed E-state index contributed by atoms with van der Waals surface area (Å²) in [4.78, 5) is 7.96. The molecule has 0 aliphatic carbocycles. The number of aromatic nitrogens is 2. The quantitative estimate of drug-likeness (QED) is 0.845. The predicted molar refractivity (Wildman–Crippen MR) is 79.2 cm³/mol. The van der Waals surface area contributed by atoms with E-state index < -0.39 is 10.0 Å². The average molecular weight is 332 g/mol. The Morgan fingerprint density at radius 1 is 1.35 bits per heavy atom. The fourth-order valence-electron chi connectivity index (χ4n) is 1.67. The second kappa shape index (κ2) is 6.17. The third-order valence-electron chi connectivity index (χ3n) is 2.64. The summed E-state index contributed by atoms with van der Waals surface area (Å²) >= 11 is 6.68. The van der Waals surface area contributed by atoms with E-state index in [-0.39, 0.29) is 21.3 Å². The van der Waals surface area contributed by atoms with Crippen molar-refractivity contribution in [3.8, 4) is 0 Å². The maximum atomic E-state index is 12.6. The molecule has 2 heterocycles. The third-order valence-corrected chi connectivity index (χ3v) is 6.21. The Labute approximate surface area is 127 Å². The molecular weight excluding hydrogens is 318 g/mol. The molecule has 108 valence electrons. The first kappa shape index (κ1) is 15.4. The van der Waals surface area contributed by atoms with E-state index in [9.17, 15) is 8.42 Å². The lowest BCUT2D eigenvalue weighted by Crippen LogP contribution is -2.36. The van der Waals surface area contributed by atoms with E-state index in [1.165, 1.54) is 10.5 Å². The molecule has 0 saturated carbocycles.